The van der Waals surface area contributed by atoms with Crippen LogP contribution in [0.15, 0.2) is 72.8 Å². The zero-order valence-corrected chi connectivity index (χ0v) is 12.3. The van der Waals surface area contributed by atoms with Crippen LogP contribution in [-0.4, -0.2) is 12.2 Å². The lowest BCUT2D eigenvalue weighted by Crippen LogP contribution is -2.38. The van der Waals surface area contributed by atoms with Gasteiger partial charge in [-0.05, 0) is 16.7 Å². The molecule has 3 aromatic carbocycles. The summed E-state index contributed by atoms with van der Waals surface area (Å²) in [4.78, 5) is 0. The van der Waals surface area contributed by atoms with E-state index in [4.69, 9.17) is 4.74 Å². The fraction of sp³-hybridized carbons (Fsp3) is 0.100. The van der Waals surface area contributed by atoms with Crippen molar-refractivity contribution < 1.29 is 9.84 Å². The largest absolute Gasteiger partial charge is 0.496 e. The number of methoxy groups -OCH3 is 1. The van der Waals surface area contributed by atoms with Gasteiger partial charge in [0.25, 0.3) is 0 Å². The van der Waals surface area contributed by atoms with Gasteiger partial charge >= 0.3 is 0 Å². The van der Waals surface area contributed by atoms with Gasteiger partial charge in [0, 0.05) is 11.1 Å². The first-order valence-corrected chi connectivity index (χ1v) is 7.32. The molecule has 0 amide bonds. The highest BCUT2D eigenvalue weighted by molar-refractivity contribution is 5.82. The molecule has 0 aliphatic heterocycles. The molecule has 3 aromatic rings. The number of hydrogen-bond acceptors (Lipinski definition) is 2. The molecule has 1 aliphatic carbocycles. The molecule has 2 bridgehead atoms. The molecule has 1 atom stereocenters. The number of aliphatic hydroxyl groups is 1. The Labute approximate surface area is 129 Å². The third kappa shape index (κ3) is 1.59. The molecule has 1 unspecified atom stereocenters. The van der Waals surface area contributed by atoms with Gasteiger partial charge in [-0.15, -0.1) is 0 Å². The Balaban J connectivity index is 1.95. The Morgan fingerprint density at radius 3 is 2.09 bits per heavy atom. The topological polar surface area (TPSA) is 29.5 Å². The predicted molar refractivity (Wildman–Crippen MR) is 87.0 cm³/mol. The summed E-state index contributed by atoms with van der Waals surface area (Å²) in [5.41, 5.74) is 3.57. The zero-order valence-electron chi connectivity index (χ0n) is 12.3. The Bertz CT molecular complexity index is 825. The van der Waals surface area contributed by atoms with Crippen molar-refractivity contribution in [3.8, 4) is 16.9 Å². The van der Waals surface area contributed by atoms with Crippen molar-refractivity contribution in [2.45, 2.75) is 5.60 Å². The molecule has 1 N–H and O–H groups in total. The van der Waals surface area contributed by atoms with E-state index in [-0.39, 0.29) is 0 Å². The van der Waals surface area contributed by atoms with Gasteiger partial charge in [0.05, 0.1) is 7.11 Å². The number of fused-ring (bicyclic) bond motifs is 2. The quantitative estimate of drug-likeness (QED) is 0.790. The van der Waals surface area contributed by atoms with E-state index in [1.165, 1.54) is 0 Å². The van der Waals surface area contributed by atoms with Crippen LogP contribution in [0.25, 0.3) is 11.1 Å². The number of ether oxygens (including phenoxy) is 1. The Hall–Kier alpha value is -2.58. The summed E-state index contributed by atoms with van der Waals surface area (Å²) >= 11 is 0. The highest BCUT2D eigenvalue weighted by Crippen LogP contribution is 2.57. The van der Waals surface area contributed by atoms with Gasteiger partial charge in [-0.3, -0.25) is 0 Å². The summed E-state index contributed by atoms with van der Waals surface area (Å²) < 4.78 is 5.53. The summed E-state index contributed by atoms with van der Waals surface area (Å²) in [5, 5.41) is 11.3. The predicted octanol–water partition coefficient (Wildman–Crippen LogP) is 3.96. The third-order valence-corrected chi connectivity index (χ3v) is 4.39. The summed E-state index contributed by atoms with van der Waals surface area (Å²) in [5.74, 6) is 0.785. The maximum atomic E-state index is 11.3. The normalized spacial score (nSPS) is 18.6. The Kier molecular flexibility index (Phi) is 2.81. The molecule has 0 saturated carbocycles. The summed E-state index contributed by atoms with van der Waals surface area (Å²) in [6.07, 6.45) is 0. The molecule has 108 valence electrons. The second kappa shape index (κ2) is 4.72. The van der Waals surface area contributed by atoms with Gasteiger partial charge in [-0.2, -0.15) is 0 Å². The van der Waals surface area contributed by atoms with E-state index in [0.29, 0.717) is 0 Å². The lowest BCUT2D eigenvalue weighted by molar-refractivity contribution is 0.0988. The van der Waals surface area contributed by atoms with E-state index in [1.54, 1.807) is 7.11 Å². The van der Waals surface area contributed by atoms with E-state index >= 15 is 0 Å². The fourth-order valence-corrected chi connectivity index (χ4v) is 3.35. The molecular formula is C20H16O2. The van der Waals surface area contributed by atoms with Gasteiger partial charge in [0.1, 0.15) is 11.4 Å². The first-order valence-electron chi connectivity index (χ1n) is 7.32. The van der Waals surface area contributed by atoms with Crippen LogP contribution >= 0.6 is 0 Å². The number of rotatable bonds is 3. The highest BCUT2D eigenvalue weighted by Gasteiger charge is 2.49. The SMILES string of the molecule is COc1c2ccc(-c3ccccc3)c1C2(O)c1ccccc1. The van der Waals surface area contributed by atoms with Crippen LogP contribution in [0.5, 0.6) is 5.75 Å². The monoisotopic (exact) mass is 288 g/mol. The van der Waals surface area contributed by atoms with Gasteiger partial charge in [0.2, 0.25) is 0 Å². The fourth-order valence-electron chi connectivity index (χ4n) is 3.35. The van der Waals surface area contributed by atoms with Gasteiger partial charge in [-0.1, -0.05) is 72.8 Å². The second-order valence-corrected chi connectivity index (χ2v) is 5.51. The number of benzene rings is 3. The second-order valence-electron chi connectivity index (χ2n) is 5.51. The van der Waals surface area contributed by atoms with Crippen molar-refractivity contribution in [3.63, 3.8) is 0 Å². The van der Waals surface area contributed by atoms with Gasteiger partial charge in [-0.25, -0.2) is 0 Å². The minimum atomic E-state index is -1.08. The molecule has 0 radical (unpaired) electrons. The van der Waals surface area contributed by atoms with Crippen LogP contribution in [-0.2, 0) is 5.60 Å². The zero-order chi connectivity index (χ0) is 15.2. The van der Waals surface area contributed by atoms with E-state index in [0.717, 1.165) is 33.6 Å². The van der Waals surface area contributed by atoms with Crippen molar-refractivity contribution in [1.82, 2.24) is 0 Å². The molecule has 2 nitrogen and oxygen atoms in total. The maximum Gasteiger partial charge on any atom is 0.148 e. The summed E-state index contributed by atoms with van der Waals surface area (Å²) in [7, 11) is 1.65. The molecular weight excluding hydrogens is 272 g/mol. The molecule has 0 heterocycles. The molecule has 0 saturated heterocycles. The Morgan fingerprint density at radius 1 is 0.818 bits per heavy atom. The van der Waals surface area contributed by atoms with Gasteiger partial charge in [0.15, 0.2) is 0 Å². The van der Waals surface area contributed by atoms with E-state index < -0.39 is 5.60 Å². The van der Waals surface area contributed by atoms with Crippen LogP contribution < -0.4 is 4.74 Å². The van der Waals surface area contributed by atoms with Crippen LogP contribution in [0.2, 0.25) is 0 Å². The number of hydrogen-bond donors (Lipinski definition) is 1. The highest BCUT2D eigenvalue weighted by atomic mass is 16.5. The molecule has 0 spiro atoms. The maximum absolute atomic E-state index is 11.3. The van der Waals surface area contributed by atoms with Gasteiger partial charge < -0.3 is 9.84 Å². The molecule has 2 heteroatoms. The van der Waals surface area contributed by atoms with Crippen molar-refractivity contribution in [1.29, 1.82) is 0 Å². The molecule has 22 heavy (non-hydrogen) atoms. The average molecular weight is 288 g/mol. The van der Waals surface area contributed by atoms with Crippen LogP contribution in [0.1, 0.15) is 16.7 Å². The lowest BCUT2D eigenvalue weighted by atomic mass is 9.67. The van der Waals surface area contributed by atoms with Crippen LogP contribution in [0, 0.1) is 0 Å². The van der Waals surface area contributed by atoms with E-state index in [2.05, 4.69) is 18.2 Å². The van der Waals surface area contributed by atoms with E-state index in [1.807, 2.05) is 54.6 Å². The first kappa shape index (κ1) is 13.1. The molecule has 0 fully saturated rings. The van der Waals surface area contributed by atoms with Crippen molar-refractivity contribution in [2.24, 2.45) is 0 Å². The van der Waals surface area contributed by atoms with Crippen molar-refractivity contribution >= 4 is 0 Å². The molecule has 1 aliphatic rings. The smallest absolute Gasteiger partial charge is 0.148 e. The first-order chi connectivity index (χ1) is 10.8. The van der Waals surface area contributed by atoms with Crippen molar-refractivity contribution in [2.75, 3.05) is 7.11 Å². The summed E-state index contributed by atoms with van der Waals surface area (Å²) in [6, 6.07) is 23.9. The minimum absolute atomic E-state index is 0.785. The van der Waals surface area contributed by atoms with E-state index in [9.17, 15) is 5.11 Å². The standard InChI is InChI=1S/C20H16O2/c1-22-19-17-13-12-16(14-8-4-2-5-9-14)18(19)20(17,21)15-10-6-3-7-11-15/h2-13,21H,1H3. The summed E-state index contributed by atoms with van der Waals surface area (Å²) in [6.45, 7) is 0. The average Bonchev–Trinajstić information content (AvgIpc) is 2.61. The molecule has 4 rings (SSSR count). The Morgan fingerprint density at radius 2 is 1.45 bits per heavy atom. The minimum Gasteiger partial charge on any atom is -0.496 e. The van der Waals surface area contributed by atoms with Crippen LogP contribution in [0.3, 0.4) is 0 Å². The van der Waals surface area contributed by atoms with Crippen molar-refractivity contribution in [3.05, 3.63) is 89.5 Å². The third-order valence-electron chi connectivity index (χ3n) is 4.39. The lowest BCUT2D eigenvalue weighted by Gasteiger charge is -2.42. The molecule has 0 aromatic heterocycles. The van der Waals surface area contributed by atoms with Crippen LogP contribution in [0.4, 0.5) is 0 Å².